The van der Waals surface area contributed by atoms with E-state index < -0.39 is 0 Å². The minimum Gasteiger partial charge on any atom is -0.496 e. The molecule has 0 fully saturated rings. The Balaban J connectivity index is 2.55. The zero-order valence-electron chi connectivity index (χ0n) is 12.2. The number of benzene rings is 1. The molecule has 1 aromatic heterocycles. The Labute approximate surface area is 114 Å². The first-order valence-corrected chi connectivity index (χ1v) is 6.44. The molecule has 0 saturated carbocycles. The summed E-state index contributed by atoms with van der Waals surface area (Å²) in [7, 11) is 3.66. The van der Waals surface area contributed by atoms with Crippen LogP contribution in [0.2, 0.25) is 0 Å². The van der Waals surface area contributed by atoms with E-state index in [1.807, 2.05) is 14.0 Å². The molecule has 0 aliphatic heterocycles. The van der Waals surface area contributed by atoms with Crippen LogP contribution >= 0.6 is 0 Å². The average Bonchev–Trinajstić information content (AvgIpc) is 2.78. The maximum absolute atomic E-state index is 5.55. The molecule has 1 unspecified atom stereocenters. The fourth-order valence-corrected chi connectivity index (χ4v) is 2.57. The maximum Gasteiger partial charge on any atom is 0.124 e. The Morgan fingerprint density at radius 1 is 1.16 bits per heavy atom. The lowest BCUT2D eigenvalue weighted by molar-refractivity contribution is 0.404. The molecule has 102 valence electrons. The lowest BCUT2D eigenvalue weighted by atomic mass is 9.94. The quantitative estimate of drug-likeness (QED) is 0.912. The smallest absolute Gasteiger partial charge is 0.124 e. The van der Waals surface area contributed by atoms with Crippen molar-refractivity contribution in [1.82, 2.24) is 5.32 Å². The van der Waals surface area contributed by atoms with Gasteiger partial charge in [-0.15, -0.1) is 0 Å². The van der Waals surface area contributed by atoms with Crippen LogP contribution in [-0.2, 0) is 0 Å². The number of hydrogen-bond donors (Lipinski definition) is 1. The first kappa shape index (κ1) is 13.7. The van der Waals surface area contributed by atoms with Crippen molar-refractivity contribution in [2.75, 3.05) is 14.2 Å². The molecule has 3 heteroatoms. The first-order valence-electron chi connectivity index (χ1n) is 6.44. The van der Waals surface area contributed by atoms with E-state index in [0.29, 0.717) is 0 Å². The summed E-state index contributed by atoms with van der Waals surface area (Å²) in [5, 5.41) is 3.34. The number of rotatable bonds is 4. The van der Waals surface area contributed by atoms with Crippen LogP contribution in [0.5, 0.6) is 5.75 Å². The van der Waals surface area contributed by atoms with Gasteiger partial charge in [0.25, 0.3) is 0 Å². The van der Waals surface area contributed by atoms with Crippen molar-refractivity contribution in [2.45, 2.75) is 26.8 Å². The third-order valence-electron chi connectivity index (χ3n) is 3.37. The van der Waals surface area contributed by atoms with Crippen LogP contribution in [0, 0.1) is 20.8 Å². The third kappa shape index (κ3) is 2.66. The van der Waals surface area contributed by atoms with Crippen LogP contribution in [0.1, 0.15) is 34.1 Å². The monoisotopic (exact) mass is 259 g/mol. The van der Waals surface area contributed by atoms with Gasteiger partial charge < -0.3 is 14.5 Å². The molecule has 1 heterocycles. The minimum absolute atomic E-state index is 0.0769. The van der Waals surface area contributed by atoms with Gasteiger partial charge in [-0.2, -0.15) is 0 Å². The van der Waals surface area contributed by atoms with Crippen molar-refractivity contribution >= 4 is 0 Å². The highest BCUT2D eigenvalue weighted by Crippen LogP contribution is 2.34. The fraction of sp³-hybridized carbons (Fsp3) is 0.375. The molecule has 0 amide bonds. The van der Waals surface area contributed by atoms with Gasteiger partial charge in [-0.1, -0.05) is 6.07 Å². The number of ether oxygens (including phenoxy) is 1. The largest absolute Gasteiger partial charge is 0.496 e. The average molecular weight is 259 g/mol. The zero-order chi connectivity index (χ0) is 14.0. The molecule has 0 aliphatic carbocycles. The number of nitrogens with one attached hydrogen (secondary N) is 1. The van der Waals surface area contributed by atoms with E-state index in [2.05, 4.69) is 37.4 Å². The van der Waals surface area contributed by atoms with E-state index in [1.165, 1.54) is 11.1 Å². The van der Waals surface area contributed by atoms with Gasteiger partial charge in [0.1, 0.15) is 11.5 Å². The highest BCUT2D eigenvalue weighted by atomic mass is 16.5. The first-order chi connectivity index (χ1) is 9.06. The molecule has 0 radical (unpaired) electrons. The predicted octanol–water partition coefficient (Wildman–Crippen LogP) is 3.52. The van der Waals surface area contributed by atoms with Crippen molar-refractivity contribution in [2.24, 2.45) is 0 Å². The van der Waals surface area contributed by atoms with Crippen molar-refractivity contribution in [3.8, 4) is 5.75 Å². The van der Waals surface area contributed by atoms with E-state index in [0.717, 1.165) is 22.6 Å². The lowest BCUT2D eigenvalue weighted by Gasteiger charge is -2.21. The van der Waals surface area contributed by atoms with Gasteiger partial charge in [-0.3, -0.25) is 0 Å². The van der Waals surface area contributed by atoms with Gasteiger partial charge in [0.15, 0.2) is 0 Å². The normalized spacial score (nSPS) is 12.5. The SMILES string of the molecule is CNC(c1coc(C)c1)c1c(C)cc(C)cc1OC. The second kappa shape index (κ2) is 5.49. The fourth-order valence-electron chi connectivity index (χ4n) is 2.57. The van der Waals surface area contributed by atoms with Crippen LogP contribution < -0.4 is 10.1 Å². The Morgan fingerprint density at radius 3 is 2.42 bits per heavy atom. The van der Waals surface area contributed by atoms with Crippen molar-refractivity contribution in [3.63, 3.8) is 0 Å². The van der Waals surface area contributed by atoms with Crippen molar-refractivity contribution in [3.05, 3.63) is 52.5 Å². The molecule has 2 rings (SSSR count). The summed E-state index contributed by atoms with van der Waals surface area (Å²) in [4.78, 5) is 0. The van der Waals surface area contributed by atoms with Gasteiger partial charge in [0, 0.05) is 11.1 Å². The molecule has 19 heavy (non-hydrogen) atoms. The predicted molar refractivity (Wildman–Crippen MR) is 76.8 cm³/mol. The summed E-state index contributed by atoms with van der Waals surface area (Å²) < 4.78 is 11.0. The van der Waals surface area contributed by atoms with Gasteiger partial charge in [0.2, 0.25) is 0 Å². The summed E-state index contributed by atoms with van der Waals surface area (Å²) in [6.45, 7) is 6.15. The number of furan rings is 1. The Kier molecular flexibility index (Phi) is 3.96. The molecule has 3 nitrogen and oxygen atoms in total. The Bertz CT molecular complexity index is 572. The maximum atomic E-state index is 5.55. The zero-order valence-corrected chi connectivity index (χ0v) is 12.2. The molecular weight excluding hydrogens is 238 g/mol. The molecule has 0 saturated heterocycles. The van der Waals surface area contributed by atoms with Crippen LogP contribution in [0.3, 0.4) is 0 Å². The Hall–Kier alpha value is -1.74. The third-order valence-corrected chi connectivity index (χ3v) is 3.37. The van der Waals surface area contributed by atoms with E-state index >= 15 is 0 Å². The lowest BCUT2D eigenvalue weighted by Crippen LogP contribution is -2.19. The summed E-state index contributed by atoms with van der Waals surface area (Å²) in [5.74, 6) is 1.83. The summed E-state index contributed by atoms with van der Waals surface area (Å²) >= 11 is 0. The van der Waals surface area contributed by atoms with Gasteiger partial charge in [-0.05, 0) is 51.1 Å². The van der Waals surface area contributed by atoms with Crippen LogP contribution in [0.25, 0.3) is 0 Å². The highest BCUT2D eigenvalue weighted by Gasteiger charge is 2.20. The van der Waals surface area contributed by atoms with E-state index in [1.54, 1.807) is 13.4 Å². The molecule has 1 atom stereocenters. The van der Waals surface area contributed by atoms with Crippen LogP contribution in [-0.4, -0.2) is 14.2 Å². The van der Waals surface area contributed by atoms with Crippen LogP contribution in [0.15, 0.2) is 28.9 Å². The van der Waals surface area contributed by atoms with Crippen molar-refractivity contribution in [1.29, 1.82) is 0 Å². The Morgan fingerprint density at radius 2 is 1.89 bits per heavy atom. The standard InChI is InChI=1S/C16H21NO2/c1-10-6-11(2)15(14(7-10)18-5)16(17-4)13-8-12(3)19-9-13/h6-9,16-17H,1-5H3. The van der Waals surface area contributed by atoms with E-state index in [-0.39, 0.29) is 6.04 Å². The highest BCUT2D eigenvalue weighted by molar-refractivity contribution is 5.48. The number of aryl methyl sites for hydroxylation is 3. The molecule has 1 N–H and O–H groups in total. The van der Waals surface area contributed by atoms with Gasteiger partial charge in [0.05, 0.1) is 19.4 Å². The van der Waals surface area contributed by atoms with E-state index in [4.69, 9.17) is 9.15 Å². The second-order valence-corrected chi connectivity index (χ2v) is 4.91. The number of hydrogen-bond acceptors (Lipinski definition) is 3. The van der Waals surface area contributed by atoms with Crippen molar-refractivity contribution < 1.29 is 9.15 Å². The summed E-state index contributed by atoms with van der Waals surface area (Å²) in [6.07, 6.45) is 1.80. The molecular formula is C16H21NO2. The second-order valence-electron chi connectivity index (χ2n) is 4.91. The molecule has 2 aromatic rings. The molecule has 0 aliphatic rings. The van der Waals surface area contributed by atoms with Gasteiger partial charge >= 0.3 is 0 Å². The molecule has 1 aromatic carbocycles. The summed E-state index contributed by atoms with van der Waals surface area (Å²) in [6, 6.07) is 6.38. The summed E-state index contributed by atoms with van der Waals surface area (Å²) in [5.41, 5.74) is 4.70. The topological polar surface area (TPSA) is 34.4 Å². The number of methoxy groups -OCH3 is 1. The van der Waals surface area contributed by atoms with Gasteiger partial charge in [-0.25, -0.2) is 0 Å². The molecule has 0 spiro atoms. The minimum atomic E-state index is 0.0769. The van der Waals surface area contributed by atoms with E-state index in [9.17, 15) is 0 Å². The van der Waals surface area contributed by atoms with Crippen LogP contribution in [0.4, 0.5) is 0 Å². The molecule has 0 bridgehead atoms.